The largest absolute Gasteiger partial charge is 0.465 e. The maximum atomic E-state index is 12.1. The Hall–Kier alpha value is -1.59. The van der Waals surface area contributed by atoms with Crippen LogP contribution in [-0.4, -0.2) is 43.5 Å². The van der Waals surface area contributed by atoms with Gasteiger partial charge in [-0.3, -0.25) is 4.79 Å². The number of methoxy groups -OCH3 is 1. The first kappa shape index (κ1) is 19.5. The number of esters is 1. The van der Waals surface area contributed by atoms with E-state index in [2.05, 4.69) is 28.8 Å². The highest BCUT2D eigenvalue weighted by Gasteiger charge is 2.12. The molecule has 0 aliphatic heterocycles. The molecular weight excluding hydrogens is 316 g/mol. The van der Waals surface area contributed by atoms with Crippen LogP contribution in [0.1, 0.15) is 43.5 Å². The zero-order valence-electron chi connectivity index (χ0n) is 14.0. The van der Waals surface area contributed by atoms with Crippen molar-refractivity contribution in [1.29, 1.82) is 0 Å². The van der Waals surface area contributed by atoms with Crippen molar-refractivity contribution in [1.82, 2.24) is 4.90 Å². The number of carbonyl (C=O) groups is 2. The van der Waals surface area contributed by atoms with E-state index in [1.807, 2.05) is 0 Å². The summed E-state index contributed by atoms with van der Waals surface area (Å²) in [5.74, 6) is -0.583. The predicted octanol–water partition coefficient (Wildman–Crippen LogP) is 3.58. The molecule has 0 spiro atoms. The van der Waals surface area contributed by atoms with Crippen LogP contribution in [0.2, 0.25) is 5.02 Å². The molecule has 0 radical (unpaired) electrons. The second-order valence-corrected chi connectivity index (χ2v) is 5.73. The van der Waals surface area contributed by atoms with Gasteiger partial charge in [-0.25, -0.2) is 4.79 Å². The predicted molar refractivity (Wildman–Crippen MR) is 93.1 cm³/mol. The van der Waals surface area contributed by atoms with Gasteiger partial charge in [0.2, 0.25) is 5.91 Å². The van der Waals surface area contributed by atoms with E-state index in [1.54, 1.807) is 12.1 Å². The molecule has 0 heterocycles. The number of benzene rings is 1. The van der Waals surface area contributed by atoms with Crippen LogP contribution in [0.5, 0.6) is 0 Å². The molecule has 0 bridgehead atoms. The summed E-state index contributed by atoms with van der Waals surface area (Å²) in [5, 5.41) is 3.16. The molecule has 1 aromatic rings. The van der Waals surface area contributed by atoms with Gasteiger partial charge < -0.3 is 15.0 Å². The van der Waals surface area contributed by atoms with E-state index in [9.17, 15) is 9.59 Å². The van der Waals surface area contributed by atoms with E-state index in [0.29, 0.717) is 29.2 Å². The third-order valence-corrected chi connectivity index (χ3v) is 3.73. The van der Waals surface area contributed by atoms with Crippen LogP contribution in [0.3, 0.4) is 0 Å². The van der Waals surface area contributed by atoms with Gasteiger partial charge in [0.1, 0.15) is 0 Å². The number of hydrogen-bond donors (Lipinski definition) is 1. The van der Waals surface area contributed by atoms with Crippen LogP contribution in [-0.2, 0) is 9.53 Å². The lowest BCUT2D eigenvalue weighted by atomic mass is 10.2. The number of amides is 1. The maximum absolute atomic E-state index is 12.1. The molecule has 1 amide bonds. The molecular formula is C17H25ClN2O3. The van der Waals surface area contributed by atoms with Crippen LogP contribution in [0, 0.1) is 0 Å². The van der Waals surface area contributed by atoms with Gasteiger partial charge >= 0.3 is 5.97 Å². The lowest BCUT2D eigenvalue weighted by Crippen LogP contribution is -2.29. The van der Waals surface area contributed by atoms with Gasteiger partial charge in [-0.15, -0.1) is 0 Å². The first-order valence-corrected chi connectivity index (χ1v) is 8.29. The number of carbonyl (C=O) groups excluding carboxylic acids is 2. The number of nitrogens with one attached hydrogen (secondary N) is 1. The van der Waals surface area contributed by atoms with Crippen LogP contribution < -0.4 is 5.32 Å². The van der Waals surface area contributed by atoms with E-state index >= 15 is 0 Å². The number of anilines is 1. The molecule has 1 aromatic carbocycles. The van der Waals surface area contributed by atoms with Crippen molar-refractivity contribution in [3.63, 3.8) is 0 Å². The van der Waals surface area contributed by atoms with Crippen molar-refractivity contribution in [2.24, 2.45) is 0 Å². The highest BCUT2D eigenvalue weighted by atomic mass is 35.5. The number of nitrogens with zero attached hydrogens (tertiary/aromatic N) is 1. The average Bonchev–Trinajstić information content (AvgIpc) is 2.54. The molecule has 0 aliphatic rings. The first-order chi connectivity index (χ1) is 11.0. The summed E-state index contributed by atoms with van der Waals surface area (Å²) in [6, 6.07) is 4.67. The lowest BCUT2D eigenvalue weighted by Gasteiger charge is -2.20. The highest BCUT2D eigenvalue weighted by molar-refractivity contribution is 6.33. The van der Waals surface area contributed by atoms with Gasteiger partial charge in [-0.2, -0.15) is 0 Å². The van der Waals surface area contributed by atoms with Crippen LogP contribution in [0.4, 0.5) is 5.69 Å². The smallest absolute Gasteiger partial charge is 0.337 e. The molecule has 0 aromatic heterocycles. The van der Waals surface area contributed by atoms with E-state index in [0.717, 1.165) is 25.9 Å². The van der Waals surface area contributed by atoms with Crippen molar-refractivity contribution in [3.8, 4) is 0 Å². The quantitative estimate of drug-likeness (QED) is 0.698. The Bertz CT molecular complexity index is 529. The van der Waals surface area contributed by atoms with E-state index in [-0.39, 0.29) is 5.91 Å². The number of rotatable bonds is 9. The molecule has 1 rings (SSSR count). The van der Waals surface area contributed by atoms with Crippen molar-refractivity contribution in [2.45, 2.75) is 33.1 Å². The summed E-state index contributed by atoms with van der Waals surface area (Å²) in [4.78, 5) is 25.9. The van der Waals surface area contributed by atoms with Crippen molar-refractivity contribution >= 4 is 29.2 Å². The minimum Gasteiger partial charge on any atom is -0.465 e. The Kier molecular flexibility index (Phi) is 8.66. The second-order valence-electron chi connectivity index (χ2n) is 5.33. The van der Waals surface area contributed by atoms with Crippen molar-refractivity contribution in [2.75, 3.05) is 32.1 Å². The Morgan fingerprint density at radius 3 is 2.39 bits per heavy atom. The summed E-state index contributed by atoms with van der Waals surface area (Å²) in [6.45, 7) is 6.93. The molecule has 0 aliphatic carbocycles. The maximum Gasteiger partial charge on any atom is 0.337 e. The Labute approximate surface area is 142 Å². The van der Waals surface area contributed by atoms with Crippen LogP contribution in [0.15, 0.2) is 18.2 Å². The third kappa shape index (κ3) is 6.59. The van der Waals surface area contributed by atoms with Gasteiger partial charge in [0, 0.05) is 13.0 Å². The number of ether oxygens (including phenoxy) is 1. The Morgan fingerprint density at radius 1 is 1.17 bits per heavy atom. The number of hydrogen-bond acceptors (Lipinski definition) is 4. The number of halogens is 1. The van der Waals surface area contributed by atoms with Gasteiger partial charge in [-0.05, 0) is 44.1 Å². The van der Waals surface area contributed by atoms with Gasteiger partial charge in [0.15, 0.2) is 0 Å². The lowest BCUT2D eigenvalue weighted by molar-refractivity contribution is -0.116. The summed E-state index contributed by atoms with van der Waals surface area (Å²) in [5.41, 5.74) is 0.780. The van der Waals surface area contributed by atoms with E-state index < -0.39 is 5.97 Å². The van der Waals surface area contributed by atoms with Gasteiger partial charge in [-0.1, -0.05) is 25.4 Å². The third-order valence-electron chi connectivity index (χ3n) is 3.40. The average molecular weight is 341 g/mol. The molecule has 23 heavy (non-hydrogen) atoms. The molecule has 0 saturated heterocycles. The fourth-order valence-corrected chi connectivity index (χ4v) is 2.47. The Morgan fingerprint density at radius 2 is 1.83 bits per heavy atom. The van der Waals surface area contributed by atoms with Gasteiger partial charge in [0.05, 0.1) is 23.4 Å². The molecule has 0 unspecified atom stereocenters. The first-order valence-electron chi connectivity index (χ1n) is 7.91. The molecule has 0 saturated carbocycles. The van der Waals surface area contributed by atoms with Crippen LogP contribution >= 0.6 is 11.6 Å². The molecule has 0 fully saturated rings. The summed E-state index contributed by atoms with van der Waals surface area (Å²) < 4.78 is 4.67. The molecule has 128 valence electrons. The molecule has 1 N–H and O–H groups in total. The molecule has 5 nitrogen and oxygen atoms in total. The topological polar surface area (TPSA) is 58.6 Å². The summed E-state index contributed by atoms with van der Waals surface area (Å²) in [6.07, 6.45) is 2.52. The second kappa shape index (κ2) is 10.2. The molecule has 0 atom stereocenters. The fraction of sp³-hybridized carbons (Fsp3) is 0.529. The van der Waals surface area contributed by atoms with E-state index in [1.165, 1.54) is 13.2 Å². The van der Waals surface area contributed by atoms with Gasteiger partial charge in [0.25, 0.3) is 0 Å². The fourth-order valence-electron chi connectivity index (χ4n) is 2.31. The molecule has 6 heteroatoms. The monoisotopic (exact) mass is 340 g/mol. The summed E-state index contributed by atoms with van der Waals surface area (Å²) in [7, 11) is 1.31. The minimum absolute atomic E-state index is 0.119. The van der Waals surface area contributed by atoms with Crippen molar-refractivity contribution < 1.29 is 14.3 Å². The standard InChI is InChI=1S/C17H25ClN2O3/c1-4-9-20(10-5-2)11-8-16(21)19-15-12-13(17(22)23-3)6-7-14(15)18/h6-7,12H,4-5,8-11H2,1-3H3,(H,19,21). The SMILES string of the molecule is CCCN(CCC)CCC(=O)Nc1cc(C(=O)OC)ccc1Cl. The Balaban J connectivity index is 2.64. The highest BCUT2D eigenvalue weighted by Crippen LogP contribution is 2.23. The van der Waals surface area contributed by atoms with E-state index in [4.69, 9.17) is 11.6 Å². The zero-order chi connectivity index (χ0) is 17.2. The normalized spacial score (nSPS) is 10.7. The zero-order valence-corrected chi connectivity index (χ0v) is 14.8. The summed E-state index contributed by atoms with van der Waals surface area (Å²) >= 11 is 6.07. The van der Waals surface area contributed by atoms with Crippen LogP contribution in [0.25, 0.3) is 0 Å². The minimum atomic E-state index is -0.464. The van der Waals surface area contributed by atoms with Crippen molar-refractivity contribution in [3.05, 3.63) is 28.8 Å².